The zero-order valence-corrected chi connectivity index (χ0v) is 16.4. The predicted molar refractivity (Wildman–Crippen MR) is 112 cm³/mol. The molecule has 4 rings (SSSR count). The molecule has 1 N–H and O–H groups in total. The molecule has 28 heavy (non-hydrogen) atoms. The van der Waals surface area contributed by atoms with Gasteiger partial charge in [-0.25, -0.2) is 4.98 Å². The first-order chi connectivity index (χ1) is 13.6. The smallest absolute Gasteiger partial charge is 0.270 e. The predicted octanol–water partition coefficient (Wildman–Crippen LogP) is 3.62. The highest BCUT2D eigenvalue weighted by atomic mass is 16.5. The minimum Gasteiger partial charge on any atom is -0.378 e. The van der Waals surface area contributed by atoms with E-state index >= 15 is 0 Å². The van der Waals surface area contributed by atoms with Crippen LogP contribution in [-0.2, 0) is 11.3 Å². The van der Waals surface area contributed by atoms with Gasteiger partial charge in [-0.1, -0.05) is 41.5 Å². The topological polar surface area (TPSA) is 54.5 Å². The molecule has 1 saturated heterocycles. The summed E-state index contributed by atoms with van der Waals surface area (Å²) >= 11 is 0. The zero-order valence-electron chi connectivity index (χ0n) is 16.4. The number of fused-ring (bicyclic) bond motifs is 1. The molecule has 0 saturated carbocycles. The van der Waals surface area contributed by atoms with E-state index in [1.54, 1.807) is 0 Å². The molecule has 1 aromatic heterocycles. The Morgan fingerprint density at radius 1 is 1.04 bits per heavy atom. The van der Waals surface area contributed by atoms with Gasteiger partial charge < -0.3 is 15.0 Å². The largest absolute Gasteiger partial charge is 0.378 e. The molecule has 1 fully saturated rings. The highest BCUT2D eigenvalue weighted by Gasteiger charge is 2.18. The van der Waals surface area contributed by atoms with E-state index in [0.717, 1.165) is 35.2 Å². The van der Waals surface area contributed by atoms with Crippen molar-refractivity contribution in [2.45, 2.75) is 20.4 Å². The summed E-state index contributed by atoms with van der Waals surface area (Å²) in [4.78, 5) is 19.7. The van der Waals surface area contributed by atoms with Gasteiger partial charge in [0.1, 0.15) is 5.69 Å². The molecule has 2 heterocycles. The van der Waals surface area contributed by atoms with Gasteiger partial charge in [-0.2, -0.15) is 0 Å². The van der Waals surface area contributed by atoms with Gasteiger partial charge in [-0.15, -0.1) is 0 Å². The summed E-state index contributed by atoms with van der Waals surface area (Å²) in [6.07, 6.45) is 0. The van der Waals surface area contributed by atoms with Gasteiger partial charge in [0.2, 0.25) is 0 Å². The van der Waals surface area contributed by atoms with E-state index in [1.165, 1.54) is 11.1 Å². The number of aryl methyl sites for hydroxylation is 2. The van der Waals surface area contributed by atoms with Crippen LogP contribution in [0.15, 0.2) is 48.5 Å². The van der Waals surface area contributed by atoms with Crippen molar-refractivity contribution in [3.05, 3.63) is 70.9 Å². The Balaban J connectivity index is 1.63. The van der Waals surface area contributed by atoms with Crippen LogP contribution in [0.1, 0.15) is 27.2 Å². The minimum atomic E-state index is -0.155. The lowest BCUT2D eigenvalue weighted by molar-refractivity contribution is 0.0946. The van der Waals surface area contributed by atoms with Crippen LogP contribution < -0.4 is 10.2 Å². The summed E-state index contributed by atoms with van der Waals surface area (Å²) in [6, 6.07) is 16.2. The molecule has 0 bridgehead atoms. The number of ether oxygens (including phenoxy) is 1. The average molecular weight is 375 g/mol. The molecule has 0 spiro atoms. The number of amides is 1. The molecule has 0 aliphatic carbocycles. The quantitative estimate of drug-likeness (QED) is 0.757. The summed E-state index contributed by atoms with van der Waals surface area (Å²) < 4.78 is 5.49. The number of carbonyl (C=O) groups excluding carboxylic acids is 1. The van der Waals surface area contributed by atoms with Gasteiger partial charge >= 0.3 is 0 Å². The number of pyridine rings is 1. The molecule has 1 aliphatic rings. The molecular formula is C23H25N3O2. The maximum absolute atomic E-state index is 12.8. The number of carbonyl (C=O) groups is 1. The average Bonchev–Trinajstić information content (AvgIpc) is 2.73. The highest BCUT2D eigenvalue weighted by molar-refractivity contribution is 6.00. The third-order valence-corrected chi connectivity index (χ3v) is 5.10. The standard InChI is InChI=1S/C23H25N3O2/c1-16-3-6-18(7-4-16)15-24-23(27)21-14-22(26-9-11-28-12-10-26)19-13-17(2)5-8-20(19)25-21/h3-8,13-14H,9-12,15H2,1-2H3,(H,24,27). The Kier molecular flexibility index (Phi) is 5.26. The molecule has 2 aromatic carbocycles. The Hall–Kier alpha value is -2.92. The number of hydrogen-bond acceptors (Lipinski definition) is 4. The summed E-state index contributed by atoms with van der Waals surface area (Å²) in [5, 5.41) is 4.08. The Morgan fingerprint density at radius 3 is 2.50 bits per heavy atom. The number of morpholine rings is 1. The van der Waals surface area contributed by atoms with E-state index in [1.807, 2.05) is 30.3 Å². The highest BCUT2D eigenvalue weighted by Crippen LogP contribution is 2.28. The van der Waals surface area contributed by atoms with E-state index in [-0.39, 0.29) is 5.91 Å². The van der Waals surface area contributed by atoms with Gasteiger partial charge in [-0.3, -0.25) is 4.79 Å². The number of benzene rings is 2. The zero-order chi connectivity index (χ0) is 19.5. The summed E-state index contributed by atoms with van der Waals surface area (Å²) in [5.74, 6) is -0.155. The summed E-state index contributed by atoms with van der Waals surface area (Å²) in [7, 11) is 0. The van der Waals surface area contributed by atoms with Crippen molar-refractivity contribution < 1.29 is 9.53 Å². The second-order valence-electron chi connectivity index (χ2n) is 7.31. The lowest BCUT2D eigenvalue weighted by atomic mass is 10.1. The molecule has 5 heteroatoms. The van der Waals surface area contributed by atoms with Crippen LogP contribution >= 0.6 is 0 Å². The van der Waals surface area contributed by atoms with Crippen molar-refractivity contribution in [1.29, 1.82) is 0 Å². The van der Waals surface area contributed by atoms with Gasteiger partial charge in [-0.05, 0) is 37.6 Å². The molecule has 0 unspecified atom stereocenters. The molecule has 144 valence electrons. The fourth-order valence-corrected chi connectivity index (χ4v) is 3.48. The molecule has 0 atom stereocenters. The minimum absolute atomic E-state index is 0.155. The van der Waals surface area contributed by atoms with Gasteiger partial charge in [0, 0.05) is 30.7 Å². The van der Waals surface area contributed by atoms with Crippen molar-refractivity contribution in [2.24, 2.45) is 0 Å². The molecule has 0 radical (unpaired) electrons. The first-order valence-corrected chi connectivity index (χ1v) is 9.68. The van der Waals surface area contributed by atoms with Crippen LogP contribution in [0.3, 0.4) is 0 Å². The van der Waals surface area contributed by atoms with E-state index < -0.39 is 0 Å². The molecule has 5 nitrogen and oxygen atoms in total. The Bertz CT molecular complexity index is 993. The lowest BCUT2D eigenvalue weighted by Crippen LogP contribution is -2.36. The van der Waals surface area contributed by atoms with Crippen LogP contribution in [0.4, 0.5) is 5.69 Å². The van der Waals surface area contributed by atoms with Crippen molar-refractivity contribution in [2.75, 3.05) is 31.2 Å². The van der Waals surface area contributed by atoms with Crippen molar-refractivity contribution in [3.63, 3.8) is 0 Å². The van der Waals surface area contributed by atoms with E-state index in [0.29, 0.717) is 25.5 Å². The van der Waals surface area contributed by atoms with Gasteiger partial charge in [0.05, 0.1) is 18.7 Å². The SMILES string of the molecule is Cc1ccc(CNC(=O)c2cc(N3CCOCC3)c3cc(C)ccc3n2)cc1. The van der Waals surface area contributed by atoms with Crippen molar-refractivity contribution in [1.82, 2.24) is 10.3 Å². The van der Waals surface area contributed by atoms with Crippen LogP contribution in [0.25, 0.3) is 10.9 Å². The fraction of sp³-hybridized carbons (Fsp3) is 0.304. The van der Waals surface area contributed by atoms with E-state index in [9.17, 15) is 4.79 Å². The second kappa shape index (κ2) is 7.98. The van der Waals surface area contributed by atoms with Crippen molar-refractivity contribution >= 4 is 22.5 Å². The first-order valence-electron chi connectivity index (χ1n) is 9.68. The normalized spacial score (nSPS) is 14.3. The Morgan fingerprint density at radius 2 is 1.75 bits per heavy atom. The number of nitrogens with zero attached hydrogens (tertiary/aromatic N) is 2. The van der Waals surface area contributed by atoms with E-state index in [4.69, 9.17) is 4.74 Å². The summed E-state index contributed by atoms with van der Waals surface area (Å²) in [6.45, 7) is 7.64. The number of anilines is 1. The monoisotopic (exact) mass is 375 g/mol. The third-order valence-electron chi connectivity index (χ3n) is 5.10. The molecular weight excluding hydrogens is 350 g/mol. The van der Waals surface area contributed by atoms with Crippen LogP contribution in [-0.4, -0.2) is 37.2 Å². The number of aromatic nitrogens is 1. The lowest BCUT2D eigenvalue weighted by Gasteiger charge is -2.30. The van der Waals surface area contributed by atoms with Gasteiger partial charge in [0.25, 0.3) is 5.91 Å². The van der Waals surface area contributed by atoms with Crippen LogP contribution in [0, 0.1) is 13.8 Å². The Labute approximate surface area is 165 Å². The van der Waals surface area contributed by atoms with Crippen LogP contribution in [0.5, 0.6) is 0 Å². The van der Waals surface area contributed by atoms with Gasteiger partial charge in [0.15, 0.2) is 0 Å². The number of hydrogen-bond donors (Lipinski definition) is 1. The van der Waals surface area contributed by atoms with E-state index in [2.05, 4.69) is 47.2 Å². The fourth-order valence-electron chi connectivity index (χ4n) is 3.48. The molecule has 1 aliphatic heterocycles. The maximum Gasteiger partial charge on any atom is 0.270 e. The molecule has 1 amide bonds. The first kappa shape index (κ1) is 18.4. The maximum atomic E-state index is 12.8. The number of rotatable bonds is 4. The molecule has 3 aromatic rings. The van der Waals surface area contributed by atoms with Crippen molar-refractivity contribution in [3.8, 4) is 0 Å². The summed E-state index contributed by atoms with van der Waals surface area (Å²) in [5.41, 5.74) is 5.80. The number of nitrogens with one attached hydrogen (secondary N) is 1. The third kappa shape index (κ3) is 3.99. The second-order valence-corrected chi connectivity index (χ2v) is 7.31. The van der Waals surface area contributed by atoms with Crippen LogP contribution in [0.2, 0.25) is 0 Å².